The van der Waals surface area contributed by atoms with Crippen LogP contribution in [-0.4, -0.2) is 24.4 Å². The highest BCUT2D eigenvalue weighted by molar-refractivity contribution is 9.10. The molecule has 17 heavy (non-hydrogen) atoms. The van der Waals surface area contributed by atoms with Gasteiger partial charge in [0.05, 0.1) is 5.56 Å². The number of hydrogen-bond acceptors (Lipinski definition) is 1. The fourth-order valence-corrected chi connectivity index (χ4v) is 1.98. The molecule has 0 unspecified atom stereocenters. The van der Waals surface area contributed by atoms with Crippen molar-refractivity contribution in [3.8, 4) is 0 Å². The summed E-state index contributed by atoms with van der Waals surface area (Å²) < 4.78 is 13.7. The molecular formula is C13H17BrFNO. The molecule has 0 aliphatic rings. The molecule has 0 heterocycles. The molecule has 0 atom stereocenters. The topological polar surface area (TPSA) is 20.3 Å². The fourth-order valence-electron chi connectivity index (χ4n) is 1.57. The molecule has 0 spiro atoms. The van der Waals surface area contributed by atoms with Gasteiger partial charge in [0, 0.05) is 18.1 Å². The number of carbonyl (C=O) groups excluding carboxylic acids is 1. The number of unbranched alkanes of at least 4 members (excludes halogenated alkanes) is 2. The van der Waals surface area contributed by atoms with Crippen LogP contribution in [-0.2, 0) is 0 Å². The Balaban J connectivity index is 2.71. The number of rotatable bonds is 5. The van der Waals surface area contributed by atoms with Crippen molar-refractivity contribution in [2.24, 2.45) is 0 Å². The molecule has 4 heteroatoms. The molecular weight excluding hydrogens is 285 g/mol. The Hall–Kier alpha value is -0.900. The van der Waals surface area contributed by atoms with Crippen LogP contribution in [0.25, 0.3) is 0 Å². The first kappa shape index (κ1) is 14.2. The number of amides is 1. The lowest BCUT2D eigenvalue weighted by Gasteiger charge is -2.17. The number of benzene rings is 1. The lowest BCUT2D eigenvalue weighted by molar-refractivity contribution is 0.0791. The molecule has 0 aromatic heterocycles. The van der Waals surface area contributed by atoms with Gasteiger partial charge in [0.2, 0.25) is 0 Å². The Morgan fingerprint density at radius 2 is 2.12 bits per heavy atom. The van der Waals surface area contributed by atoms with Crippen molar-refractivity contribution < 1.29 is 9.18 Å². The van der Waals surface area contributed by atoms with Crippen molar-refractivity contribution in [1.82, 2.24) is 4.90 Å². The molecule has 0 radical (unpaired) electrons. The molecule has 0 bridgehead atoms. The van der Waals surface area contributed by atoms with E-state index in [2.05, 4.69) is 22.9 Å². The smallest absolute Gasteiger partial charge is 0.254 e. The van der Waals surface area contributed by atoms with E-state index in [0.717, 1.165) is 19.3 Å². The van der Waals surface area contributed by atoms with Gasteiger partial charge in [0.15, 0.2) is 0 Å². The van der Waals surface area contributed by atoms with Crippen LogP contribution >= 0.6 is 15.9 Å². The van der Waals surface area contributed by atoms with E-state index >= 15 is 0 Å². The molecule has 1 aromatic rings. The van der Waals surface area contributed by atoms with Crippen LogP contribution in [0.2, 0.25) is 0 Å². The zero-order valence-electron chi connectivity index (χ0n) is 10.2. The van der Waals surface area contributed by atoms with Crippen molar-refractivity contribution in [3.63, 3.8) is 0 Å². The SMILES string of the molecule is CCCCCN(C)C(=O)c1cc(F)ccc1Br. The van der Waals surface area contributed by atoms with Crippen LogP contribution in [0, 0.1) is 5.82 Å². The standard InChI is InChI=1S/C13H17BrFNO/c1-3-4-5-8-16(2)13(17)11-9-10(15)6-7-12(11)14/h6-7,9H,3-5,8H2,1-2H3. The minimum Gasteiger partial charge on any atom is -0.342 e. The van der Waals surface area contributed by atoms with E-state index in [-0.39, 0.29) is 5.91 Å². The molecule has 0 aliphatic carbocycles. The molecule has 1 rings (SSSR count). The first-order chi connectivity index (χ1) is 8.06. The molecule has 1 aromatic carbocycles. The Kier molecular flexibility index (Phi) is 5.62. The van der Waals surface area contributed by atoms with Crippen LogP contribution in [0.5, 0.6) is 0 Å². The molecule has 0 saturated heterocycles. The normalized spacial score (nSPS) is 10.4. The van der Waals surface area contributed by atoms with Gasteiger partial charge in [0.1, 0.15) is 5.82 Å². The Bertz CT molecular complexity index is 395. The van der Waals surface area contributed by atoms with Crippen LogP contribution in [0.15, 0.2) is 22.7 Å². The van der Waals surface area contributed by atoms with Gasteiger partial charge < -0.3 is 4.90 Å². The molecule has 2 nitrogen and oxygen atoms in total. The first-order valence-corrected chi connectivity index (χ1v) is 6.56. The van der Waals surface area contributed by atoms with Crippen molar-refractivity contribution in [1.29, 1.82) is 0 Å². The van der Waals surface area contributed by atoms with Gasteiger partial charge in [-0.15, -0.1) is 0 Å². The second-order valence-corrected chi connectivity index (χ2v) is 4.91. The average Bonchev–Trinajstić information content (AvgIpc) is 2.31. The van der Waals surface area contributed by atoms with E-state index in [1.807, 2.05) is 0 Å². The summed E-state index contributed by atoms with van der Waals surface area (Å²) in [6, 6.07) is 4.16. The summed E-state index contributed by atoms with van der Waals surface area (Å²) in [6.07, 6.45) is 3.19. The van der Waals surface area contributed by atoms with Crippen LogP contribution in [0.4, 0.5) is 4.39 Å². The summed E-state index contributed by atoms with van der Waals surface area (Å²) in [5.74, 6) is -0.536. The van der Waals surface area contributed by atoms with Gasteiger partial charge in [-0.3, -0.25) is 4.79 Å². The molecule has 0 fully saturated rings. The zero-order valence-corrected chi connectivity index (χ0v) is 11.8. The van der Waals surface area contributed by atoms with E-state index in [9.17, 15) is 9.18 Å². The second-order valence-electron chi connectivity index (χ2n) is 4.06. The van der Waals surface area contributed by atoms with Crippen LogP contribution in [0.3, 0.4) is 0 Å². The molecule has 0 aliphatic heterocycles. The van der Waals surface area contributed by atoms with Gasteiger partial charge >= 0.3 is 0 Å². The molecule has 0 saturated carbocycles. The van der Waals surface area contributed by atoms with Gasteiger partial charge in [0.25, 0.3) is 5.91 Å². The highest BCUT2D eigenvalue weighted by Crippen LogP contribution is 2.19. The van der Waals surface area contributed by atoms with E-state index in [1.165, 1.54) is 12.1 Å². The Labute approximate surface area is 110 Å². The summed E-state index contributed by atoms with van der Waals surface area (Å²) in [4.78, 5) is 13.7. The summed E-state index contributed by atoms with van der Waals surface area (Å²) in [6.45, 7) is 2.82. The summed E-state index contributed by atoms with van der Waals surface area (Å²) in [5.41, 5.74) is 0.379. The summed E-state index contributed by atoms with van der Waals surface area (Å²) in [7, 11) is 1.75. The minimum atomic E-state index is -0.390. The fraction of sp³-hybridized carbons (Fsp3) is 0.462. The zero-order chi connectivity index (χ0) is 12.8. The van der Waals surface area contributed by atoms with Gasteiger partial charge in [-0.05, 0) is 40.5 Å². The molecule has 0 N–H and O–H groups in total. The van der Waals surface area contributed by atoms with Crippen LogP contribution < -0.4 is 0 Å². The van der Waals surface area contributed by atoms with Crippen LogP contribution in [0.1, 0.15) is 36.5 Å². The van der Waals surface area contributed by atoms with E-state index in [0.29, 0.717) is 16.6 Å². The number of hydrogen-bond donors (Lipinski definition) is 0. The van der Waals surface area contributed by atoms with E-state index < -0.39 is 5.82 Å². The maximum atomic E-state index is 13.1. The van der Waals surface area contributed by atoms with Gasteiger partial charge in [-0.2, -0.15) is 0 Å². The first-order valence-electron chi connectivity index (χ1n) is 5.76. The lowest BCUT2D eigenvalue weighted by Crippen LogP contribution is -2.28. The summed E-state index contributed by atoms with van der Waals surface area (Å²) in [5, 5.41) is 0. The highest BCUT2D eigenvalue weighted by atomic mass is 79.9. The van der Waals surface area contributed by atoms with Gasteiger partial charge in [-0.25, -0.2) is 4.39 Å². The largest absolute Gasteiger partial charge is 0.342 e. The maximum absolute atomic E-state index is 13.1. The Morgan fingerprint density at radius 1 is 1.41 bits per heavy atom. The Morgan fingerprint density at radius 3 is 2.76 bits per heavy atom. The van der Waals surface area contributed by atoms with E-state index in [1.54, 1.807) is 18.0 Å². The predicted octanol–water partition coefficient (Wildman–Crippen LogP) is 3.85. The maximum Gasteiger partial charge on any atom is 0.254 e. The third kappa shape index (κ3) is 4.11. The van der Waals surface area contributed by atoms with Crippen molar-refractivity contribution in [2.45, 2.75) is 26.2 Å². The number of nitrogens with zero attached hydrogens (tertiary/aromatic N) is 1. The molecule has 94 valence electrons. The van der Waals surface area contributed by atoms with Crippen molar-refractivity contribution in [2.75, 3.05) is 13.6 Å². The lowest BCUT2D eigenvalue weighted by atomic mass is 10.2. The van der Waals surface area contributed by atoms with Crippen molar-refractivity contribution in [3.05, 3.63) is 34.1 Å². The van der Waals surface area contributed by atoms with E-state index in [4.69, 9.17) is 0 Å². The third-order valence-corrected chi connectivity index (χ3v) is 3.29. The third-order valence-electron chi connectivity index (χ3n) is 2.60. The monoisotopic (exact) mass is 301 g/mol. The second kappa shape index (κ2) is 6.74. The number of halogens is 2. The van der Waals surface area contributed by atoms with Gasteiger partial charge in [-0.1, -0.05) is 19.8 Å². The quantitative estimate of drug-likeness (QED) is 0.757. The average molecular weight is 302 g/mol. The number of carbonyl (C=O) groups is 1. The summed E-state index contributed by atoms with van der Waals surface area (Å²) >= 11 is 3.27. The minimum absolute atomic E-state index is 0.146. The van der Waals surface area contributed by atoms with Crippen molar-refractivity contribution >= 4 is 21.8 Å². The molecule has 1 amide bonds. The predicted molar refractivity (Wildman–Crippen MR) is 70.6 cm³/mol. The highest BCUT2D eigenvalue weighted by Gasteiger charge is 2.15.